The first-order valence-corrected chi connectivity index (χ1v) is 10.1. The molecule has 7 heteroatoms. The van der Waals surface area contributed by atoms with Crippen molar-refractivity contribution in [1.82, 2.24) is 15.1 Å². The van der Waals surface area contributed by atoms with Gasteiger partial charge in [-0.2, -0.15) is 5.10 Å². The highest BCUT2D eigenvalue weighted by Gasteiger charge is 2.06. The molecule has 2 aromatic carbocycles. The van der Waals surface area contributed by atoms with Crippen LogP contribution in [0.25, 0.3) is 0 Å². The van der Waals surface area contributed by atoms with Crippen LogP contribution in [0, 0.1) is 6.92 Å². The Morgan fingerprint density at radius 2 is 2.04 bits per heavy atom. The van der Waals surface area contributed by atoms with Gasteiger partial charge in [0.15, 0.2) is 0 Å². The van der Waals surface area contributed by atoms with Gasteiger partial charge in [0.2, 0.25) is 0 Å². The van der Waals surface area contributed by atoms with Crippen molar-refractivity contribution in [3.63, 3.8) is 0 Å². The highest BCUT2D eigenvalue weighted by atomic mass is 79.9. The number of carbonyl (C=O) groups is 1. The van der Waals surface area contributed by atoms with Crippen molar-refractivity contribution in [2.24, 2.45) is 0 Å². The lowest BCUT2D eigenvalue weighted by molar-refractivity contribution is 0.0952. The van der Waals surface area contributed by atoms with Gasteiger partial charge >= 0.3 is 0 Å². The third-order valence-electron chi connectivity index (χ3n) is 4.12. The average molecular weight is 463 g/mol. The maximum Gasteiger partial charge on any atom is 0.251 e. The van der Waals surface area contributed by atoms with Gasteiger partial charge in [0.25, 0.3) is 5.91 Å². The molecule has 1 aromatic heterocycles. The predicted octanol–water partition coefficient (Wildman–Crippen LogP) is 5.01. The fraction of sp³-hybridized carbons (Fsp3) is 0.238. The normalized spacial score (nSPS) is 10.7. The number of halogens is 2. The molecule has 0 radical (unpaired) electrons. The van der Waals surface area contributed by atoms with Gasteiger partial charge < -0.3 is 10.1 Å². The van der Waals surface area contributed by atoms with E-state index < -0.39 is 0 Å². The minimum absolute atomic E-state index is 0.0833. The van der Waals surface area contributed by atoms with E-state index in [0.29, 0.717) is 29.5 Å². The van der Waals surface area contributed by atoms with E-state index in [1.54, 1.807) is 18.2 Å². The SMILES string of the molecule is Cc1cnn(CCCNC(=O)c2ccc(COc3ccc(Br)cc3Cl)cc2)c1. The zero-order valence-electron chi connectivity index (χ0n) is 15.5. The molecule has 5 nitrogen and oxygen atoms in total. The number of nitrogens with zero attached hydrogens (tertiary/aromatic N) is 2. The minimum atomic E-state index is -0.0833. The van der Waals surface area contributed by atoms with Crippen LogP contribution in [0.15, 0.2) is 59.3 Å². The molecule has 0 aliphatic heterocycles. The average Bonchev–Trinajstić information content (AvgIpc) is 3.10. The number of carbonyl (C=O) groups excluding carboxylic acids is 1. The molecule has 3 aromatic rings. The number of rotatable bonds is 8. The van der Waals surface area contributed by atoms with E-state index in [1.807, 2.05) is 48.3 Å². The summed E-state index contributed by atoms with van der Waals surface area (Å²) in [5.41, 5.74) is 2.72. The molecule has 3 rings (SSSR count). The van der Waals surface area contributed by atoms with Gasteiger partial charge in [-0.05, 0) is 54.8 Å². The molecule has 1 heterocycles. The van der Waals surface area contributed by atoms with Crippen molar-refractivity contribution in [2.75, 3.05) is 6.54 Å². The zero-order chi connectivity index (χ0) is 19.9. The number of aryl methyl sites for hydroxylation is 2. The lowest BCUT2D eigenvalue weighted by Crippen LogP contribution is -2.25. The molecule has 0 fully saturated rings. The zero-order valence-corrected chi connectivity index (χ0v) is 17.8. The predicted molar refractivity (Wildman–Crippen MR) is 114 cm³/mol. The number of amides is 1. The highest BCUT2D eigenvalue weighted by Crippen LogP contribution is 2.28. The maximum atomic E-state index is 12.2. The molecular weight excluding hydrogens is 442 g/mol. The standard InChI is InChI=1S/C21H21BrClN3O2/c1-15-12-25-26(13-15)10-2-9-24-21(27)17-5-3-16(4-6-17)14-28-20-8-7-18(22)11-19(20)23/h3-8,11-13H,2,9-10,14H2,1H3,(H,24,27). The van der Waals surface area contributed by atoms with Crippen LogP contribution in [0.5, 0.6) is 5.75 Å². The fourth-order valence-corrected chi connectivity index (χ4v) is 3.37. The van der Waals surface area contributed by atoms with Crippen molar-refractivity contribution in [3.8, 4) is 5.75 Å². The van der Waals surface area contributed by atoms with Crippen LogP contribution in [0.4, 0.5) is 0 Å². The van der Waals surface area contributed by atoms with Crippen LogP contribution in [0.3, 0.4) is 0 Å². The summed E-state index contributed by atoms with van der Waals surface area (Å²) >= 11 is 9.52. The Morgan fingerprint density at radius 3 is 2.71 bits per heavy atom. The first-order chi connectivity index (χ1) is 13.5. The van der Waals surface area contributed by atoms with Gasteiger partial charge in [-0.3, -0.25) is 9.48 Å². The van der Waals surface area contributed by atoms with E-state index >= 15 is 0 Å². The second kappa shape index (κ2) is 9.75. The van der Waals surface area contributed by atoms with Gasteiger partial charge in [0.05, 0.1) is 11.2 Å². The van der Waals surface area contributed by atoms with Gasteiger partial charge in [0.1, 0.15) is 12.4 Å². The molecule has 0 saturated carbocycles. The Kier molecular flexibility index (Phi) is 7.12. The smallest absolute Gasteiger partial charge is 0.251 e. The Hall–Kier alpha value is -2.31. The maximum absolute atomic E-state index is 12.2. The summed E-state index contributed by atoms with van der Waals surface area (Å²) in [7, 11) is 0. The van der Waals surface area contributed by atoms with Crippen molar-refractivity contribution in [2.45, 2.75) is 26.5 Å². The van der Waals surface area contributed by atoms with Gasteiger partial charge in [0, 0.05) is 29.3 Å². The number of hydrogen-bond donors (Lipinski definition) is 1. The monoisotopic (exact) mass is 461 g/mol. The fourth-order valence-electron chi connectivity index (χ4n) is 2.64. The number of hydrogen-bond acceptors (Lipinski definition) is 3. The van der Waals surface area contributed by atoms with E-state index in [0.717, 1.165) is 28.6 Å². The summed E-state index contributed by atoms with van der Waals surface area (Å²) in [4.78, 5) is 12.2. The van der Waals surface area contributed by atoms with E-state index in [2.05, 4.69) is 26.3 Å². The summed E-state index contributed by atoms with van der Waals surface area (Å²) < 4.78 is 8.53. The van der Waals surface area contributed by atoms with Crippen LogP contribution >= 0.6 is 27.5 Å². The molecule has 1 amide bonds. The van der Waals surface area contributed by atoms with Crippen molar-refractivity contribution >= 4 is 33.4 Å². The van der Waals surface area contributed by atoms with Gasteiger partial charge in [-0.1, -0.05) is 39.7 Å². The van der Waals surface area contributed by atoms with Crippen molar-refractivity contribution in [1.29, 1.82) is 0 Å². The number of ether oxygens (including phenoxy) is 1. The summed E-state index contributed by atoms with van der Waals surface area (Å²) in [6.45, 7) is 3.77. The molecule has 0 aliphatic carbocycles. The number of benzene rings is 2. The van der Waals surface area contributed by atoms with Crippen LogP contribution in [-0.4, -0.2) is 22.2 Å². The summed E-state index contributed by atoms with van der Waals surface area (Å²) in [6.07, 6.45) is 4.64. The first kappa shape index (κ1) is 20.4. The Labute approximate surface area is 177 Å². The van der Waals surface area contributed by atoms with Gasteiger partial charge in [-0.15, -0.1) is 0 Å². The molecule has 0 aliphatic rings. The number of nitrogens with one attached hydrogen (secondary N) is 1. The number of aromatic nitrogens is 2. The molecule has 146 valence electrons. The topological polar surface area (TPSA) is 56.2 Å². The van der Waals surface area contributed by atoms with E-state index in [-0.39, 0.29) is 5.91 Å². The Morgan fingerprint density at radius 1 is 1.25 bits per heavy atom. The summed E-state index contributed by atoms with van der Waals surface area (Å²) in [5.74, 6) is 0.541. The van der Waals surface area contributed by atoms with E-state index in [1.165, 1.54) is 0 Å². The molecular formula is C21H21BrClN3O2. The molecule has 28 heavy (non-hydrogen) atoms. The second-order valence-electron chi connectivity index (χ2n) is 6.45. The molecule has 0 atom stereocenters. The third kappa shape index (κ3) is 5.84. The van der Waals surface area contributed by atoms with Crippen LogP contribution in [-0.2, 0) is 13.2 Å². The first-order valence-electron chi connectivity index (χ1n) is 8.95. The van der Waals surface area contributed by atoms with Crippen LogP contribution in [0.2, 0.25) is 5.02 Å². The summed E-state index contributed by atoms with van der Waals surface area (Å²) in [5, 5.41) is 7.72. The highest BCUT2D eigenvalue weighted by molar-refractivity contribution is 9.10. The third-order valence-corrected chi connectivity index (χ3v) is 4.90. The quantitative estimate of drug-likeness (QED) is 0.479. The van der Waals surface area contributed by atoms with Crippen molar-refractivity contribution < 1.29 is 9.53 Å². The van der Waals surface area contributed by atoms with E-state index in [9.17, 15) is 4.79 Å². The van der Waals surface area contributed by atoms with E-state index in [4.69, 9.17) is 16.3 Å². The molecule has 1 N–H and O–H groups in total. The van der Waals surface area contributed by atoms with Crippen LogP contribution in [0.1, 0.15) is 27.9 Å². The Bertz CT molecular complexity index is 941. The lowest BCUT2D eigenvalue weighted by Gasteiger charge is -2.09. The minimum Gasteiger partial charge on any atom is -0.487 e. The Balaban J connectivity index is 1.44. The molecule has 0 unspecified atom stereocenters. The van der Waals surface area contributed by atoms with Crippen molar-refractivity contribution in [3.05, 3.63) is 81.0 Å². The second-order valence-corrected chi connectivity index (χ2v) is 7.77. The van der Waals surface area contributed by atoms with Gasteiger partial charge in [-0.25, -0.2) is 0 Å². The lowest BCUT2D eigenvalue weighted by atomic mass is 10.1. The molecule has 0 bridgehead atoms. The molecule has 0 spiro atoms. The largest absolute Gasteiger partial charge is 0.487 e. The molecule has 0 saturated heterocycles. The van der Waals surface area contributed by atoms with Crippen LogP contribution < -0.4 is 10.1 Å². The summed E-state index contributed by atoms with van der Waals surface area (Å²) in [6, 6.07) is 12.9.